The molecule has 0 N–H and O–H groups in total. The van der Waals surface area contributed by atoms with Gasteiger partial charge in [0, 0.05) is 84.5 Å². The Morgan fingerprint density at radius 3 is 2.17 bits per heavy atom. The maximum Gasteiger partial charge on any atom is 0.340 e. The Balaban J connectivity index is 1.80. The molecule has 1 aliphatic heterocycles. The minimum absolute atomic E-state index is 0.296. The molecule has 0 aliphatic carbocycles. The molecule has 1 atom stereocenters. The highest BCUT2D eigenvalue weighted by Gasteiger charge is 2.53. The Labute approximate surface area is 289 Å². The molecule has 0 spiro atoms. The Morgan fingerprint density at radius 1 is 0.771 bits per heavy atom. The van der Waals surface area contributed by atoms with Crippen LogP contribution >= 0.6 is 0 Å². The summed E-state index contributed by atoms with van der Waals surface area (Å²) in [6, 6.07) is 21.4. The van der Waals surface area contributed by atoms with Gasteiger partial charge < -0.3 is 23.8 Å². The van der Waals surface area contributed by atoms with Gasteiger partial charge in [0.25, 0.3) is 0 Å². The Bertz CT molecular complexity index is 1690. The van der Waals surface area contributed by atoms with Crippen LogP contribution in [-0.4, -0.2) is 44.3 Å². The van der Waals surface area contributed by atoms with Crippen LogP contribution in [0, 0.1) is 0 Å². The molecule has 258 valence electrons. The van der Waals surface area contributed by atoms with Crippen LogP contribution in [0.1, 0.15) is 119 Å². The van der Waals surface area contributed by atoms with E-state index in [0.29, 0.717) is 12.2 Å². The summed E-state index contributed by atoms with van der Waals surface area (Å²) in [5.41, 5.74) is 6.77. The van der Waals surface area contributed by atoms with E-state index in [4.69, 9.17) is 9.47 Å². The van der Waals surface area contributed by atoms with Crippen molar-refractivity contribution in [2.75, 3.05) is 43.6 Å². The van der Waals surface area contributed by atoms with Crippen LogP contribution < -0.4 is 14.5 Å². The average Bonchev–Trinajstić information content (AvgIpc) is 3.58. The van der Waals surface area contributed by atoms with Gasteiger partial charge in [-0.15, -0.1) is 0 Å². The number of aryl methyl sites for hydroxylation is 1. The molecule has 3 aromatic carbocycles. The zero-order valence-electron chi connectivity index (χ0n) is 30.5. The molecule has 0 saturated carbocycles. The number of anilines is 2. The van der Waals surface area contributed by atoms with Crippen molar-refractivity contribution in [1.82, 2.24) is 4.57 Å². The van der Waals surface area contributed by atoms with Crippen molar-refractivity contribution in [1.29, 1.82) is 0 Å². The molecule has 0 bridgehead atoms. The number of cyclic esters (lactones) is 1. The summed E-state index contributed by atoms with van der Waals surface area (Å²) in [4.78, 5) is 18.6. The number of hydrogen-bond donors (Lipinski definition) is 0. The van der Waals surface area contributed by atoms with Gasteiger partial charge in [0.15, 0.2) is 5.60 Å². The molecule has 1 unspecified atom stereocenters. The molecule has 48 heavy (non-hydrogen) atoms. The monoisotopic (exact) mass is 651 g/mol. The van der Waals surface area contributed by atoms with E-state index in [1.807, 2.05) is 25.1 Å². The molecule has 1 aromatic heterocycles. The first-order chi connectivity index (χ1) is 23.4. The van der Waals surface area contributed by atoms with Crippen molar-refractivity contribution in [3.63, 3.8) is 0 Å². The molecule has 0 amide bonds. The second-order valence-corrected chi connectivity index (χ2v) is 13.4. The smallest absolute Gasteiger partial charge is 0.340 e. The van der Waals surface area contributed by atoms with Crippen molar-refractivity contribution < 1.29 is 14.3 Å². The summed E-state index contributed by atoms with van der Waals surface area (Å²) >= 11 is 0. The highest BCUT2D eigenvalue weighted by Crippen LogP contribution is 2.54. The number of benzene rings is 3. The number of aromatic nitrogens is 1. The standard InChI is InChI=1S/C42H57N3O3/c1-8-13-15-16-17-20-27-45-37(10-3)40(33-21-18-19-22-38(33)45)42(35-25-23-31(43(6)7)29-34(35)41(46)48-42)36-26-24-32(44(11-4)12-5)30-39(36)47-28-14-9-2/h18-19,21-26,29-30H,8-17,20,27-28H2,1-7H3. The zero-order chi connectivity index (χ0) is 34.3. The van der Waals surface area contributed by atoms with E-state index in [-0.39, 0.29) is 5.97 Å². The quantitative estimate of drug-likeness (QED) is 0.0792. The van der Waals surface area contributed by atoms with Crippen LogP contribution in [0.4, 0.5) is 11.4 Å². The normalized spacial score (nSPS) is 15.5. The zero-order valence-corrected chi connectivity index (χ0v) is 30.5. The lowest BCUT2D eigenvalue weighted by molar-refractivity contribution is 0.0245. The molecule has 0 fully saturated rings. The summed E-state index contributed by atoms with van der Waals surface area (Å²) in [6.45, 7) is 14.4. The Hall–Kier alpha value is -3.93. The summed E-state index contributed by atoms with van der Waals surface area (Å²) in [5.74, 6) is 0.482. The molecule has 4 aromatic rings. The van der Waals surface area contributed by atoms with Crippen LogP contribution in [0.3, 0.4) is 0 Å². The van der Waals surface area contributed by atoms with Gasteiger partial charge >= 0.3 is 5.97 Å². The molecule has 1 aliphatic rings. The topological polar surface area (TPSA) is 46.9 Å². The summed E-state index contributed by atoms with van der Waals surface area (Å²) in [5, 5.41) is 1.13. The van der Waals surface area contributed by atoms with Gasteiger partial charge in [0.05, 0.1) is 12.2 Å². The van der Waals surface area contributed by atoms with E-state index in [2.05, 4.69) is 98.7 Å². The predicted molar refractivity (Wildman–Crippen MR) is 201 cm³/mol. The predicted octanol–water partition coefficient (Wildman–Crippen LogP) is 10.1. The number of rotatable bonds is 18. The lowest BCUT2D eigenvalue weighted by Crippen LogP contribution is -2.32. The maximum absolute atomic E-state index is 14.2. The van der Waals surface area contributed by atoms with E-state index in [0.717, 1.165) is 84.5 Å². The third-order valence-electron chi connectivity index (χ3n) is 10.1. The van der Waals surface area contributed by atoms with Gasteiger partial charge in [-0.2, -0.15) is 0 Å². The Kier molecular flexibility index (Phi) is 11.8. The van der Waals surface area contributed by atoms with Gasteiger partial charge in [-0.05, 0) is 63.4 Å². The van der Waals surface area contributed by atoms with E-state index in [1.165, 1.54) is 43.3 Å². The van der Waals surface area contributed by atoms with Crippen LogP contribution in [0.15, 0.2) is 60.7 Å². The number of ether oxygens (including phenoxy) is 2. The minimum Gasteiger partial charge on any atom is -0.493 e. The SMILES string of the molecule is CCCCCCCCn1c(CC)c(C2(c3ccc(N(CC)CC)cc3OCCCC)OC(=O)c3cc(N(C)C)ccc32)c2ccccc21. The number of esters is 1. The highest BCUT2D eigenvalue weighted by atomic mass is 16.6. The maximum atomic E-state index is 14.2. The van der Waals surface area contributed by atoms with Crippen LogP contribution in [0.2, 0.25) is 0 Å². The number of carbonyl (C=O) groups is 1. The van der Waals surface area contributed by atoms with Crippen LogP contribution in [0.25, 0.3) is 10.9 Å². The first-order valence-corrected chi connectivity index (χ1v) is 18.5. The molecule has 6 nitrogen and oxygen atoms in total. The number of para-hydroxylation sites is 1. The van der Waals surface area contributed by atoms with Crippen LogP contribution in [0.5, 0.6) is 5.75 Å². The van der Waals surface area contributed by atoms with Crippen LogP contribution in [-0.2, 0) is 23.3 Å². The van der Waals surface area contributed by atoms with E-state index >= 15 is 0 Å². The molecule has 0 radical (unpaired) electrons. The second-order valence-electron chi connectivity index (χ2n) is 13.4. The van der Waals surface area contributed by atoms with Gasteiger partial charge in [0.2, 0.25) is 0 Å². The highest BCUT2D eigenvalue weighted by molar-refractivity contribution is 6.00. The number of carbonyl (C=O) groups excluding carboxylic acids is 1. The third kappa shape index (κ3) is 6.68. The Morgan fingerprint density at radius 2 is 1.46 bits per heavy atom. The molecular formula is C42H57N3O3. The van der Waals surface area contributed by atoms with Crippen molar-refractivity contribution in [2.24, 2.45) is 0 Å². The first kappa shape index (κ1) is 35.4. The summed E-state index contributed by atoms with van der Waals surface area (Å²) in [7, 11) is 4.01. The molecule has 2 heterocycles. The lowest BCUT2D eigenvalue weighted by atomic mass is 9.77. The van der Waals surface area contributed by atoms with Crippen molar-refractivity contribution >= 4 is 28.2 Å². The fourth-order valence-corrected chi connectivity index (χ4v) is 7.51. The summed E-state index contributed by atoms with van der Waals surface area (Å²) in [6.07, 6.45) is 10.2. The second kappa shape index (κ2) is 16.0. The largest absolute Gasteiger partial charge is 0.493 e. The molecule has 5 rings (SSSR count). The van der Waals surface area contributed by atoms with E-state index < -0.39 is 5.60 Å². The minimum atomic E-state index is -1.17. The number of nitrogens with zero attached hydrogens (tertiary/aromatic N) is 3. The molecular weight excluding hydrogens is 594 g/mol. The summed E-state index contributed by atoms with van der Waals surface area (Å²) < 4.78 is 16.1. The van der Waals surface area contributed by atoms with Gasteiger partial charge in [-0.25, -0.2) is 4.79 Å². The van der Waals surface area contributed by atoms with E-state index in [9.17, 15) is 4.79 Å². The van der Waals surface area contributed by atoms with Crippen molar-refractivity contribution in [3.05, 3.63) is 88.6 Å². The molecule has 0 saturated heterocycles. The molecule has 6 heteroatoms. The number of unbranched alkanes of at least 4 members (excludes halogenated alkanes) is 6. The van der Waals surface area contributed by atoms with E-state index in [1.54, 1.807) is 0 Å². The fourth-order valence-electron chi connectivity index (χ4n) is 7.51. The van der Waals surface area contributed by atoms with Crippen molar-refractivity contribution in [3.8, 4) is 5.75 Å². The number of hydrogen-bond acceptors (Lipinski definition) is 5. The number of fused-ring (bicyclic) bond motifs is 2. The van der Waals surface area contributed by atoms with Gasteiger partial charge in [0.1, 0.15) is 5.75 Å². The van der Waals surface area contributed by atoms with Gasteiger partial charge in [-0.3, -0.25) is 0 Å². The third-order valence-corrected chi connectivity index (χ3v) is 10.1. The fraction of sp³-hybridized carbons (Fsp3) is 0.500. The average molecular weight is 652 g/mol. The first-order valence-electron chi connectivity index (χ1n) is 18.5. The lowest BCUT2D eigenvalue weighted by Gasteiger charge is -2.33. The van der Waals surface area contributed by atoms with Crippen molar-refractivity contribution in [2.45, 2.75) is 105 Å². The van der Waals surface area contributed by atoms with Gasteiger partial charge in [-0.1, -0.05) is 83.6 Å².